The van der Waals surface area contributed by atoms with Gasteiger partial charge in [-0.1, -0.05) is 0 Å². The van der Waals surface area contributed by atoms with Crippen LogP contribution in [0.2, 0.25) is 0 Å². The molecular formula is C7H10N6. The molecule has 0 atom stereocenters. The molecule has 2 rings (SSSR count). The number of fused-ring (bicyclic) bond motifs is 1. The van der Waals surface area contributed by atoms with Crippen molar-refractivity contribution in [2.45, 2.75) is 0 Å². The molecule has 2 N–H and O–H groups in total. The predicted octanol–water partition coefficient (Wildman–Crippen LogP) is -0.394. The van der Waals surface area contributed by atoms with E-state index in [0.717, 1.165) is 11.3 Å². The van der Waals surface area contributed by atoms with E-state index in [0.29, 0.717) is 5.65 Å². The van der Waals surface area contributed by atoms with Gasteiger partial charge in [0.1, 0.15) is 12.7 Å². The standard InChI is InChI=1S/C7H10N6/c1-12(2)6-5-7(10-3-9-6)13(8)4-11-5/h3-4H,8H2,1-2H3. The van der Waals surface area contributed by atoms with Crippen molar-refractivity contribution in [3.8, 4) is 0 Å². The molecule has 6 heteroatoms. The Morgan fingerprint density at radius 2 is 2.08 bits per heavy atom. The number of hydrogen-bond donors (Lipinski definition) is 1. The van der Waals surface area contributed by atoms with E-state index < -0.39 is 0 Å². The fourth-order valence-electron chi connectivity index (χ4n) is 1.17. The highest BCUT2D eigenvalue weighted by atomic mass is 15.3. The van der Waals surface area contributed by atoms with E-state index >= 15 is 0 Å². The maximum atomic E-state index is 5.59. The van der Waals surface area contributed by atoms with Crippen LogP contribution in [-0.2, 0) is 0 Å². The van der Waals surface area contributed by atoms with Crippen LogP contribution in [0.25, 0.3) is 11.2 Å². The highest BCUT2D eigenvalue weighted by molar-refractivity contribution is 5.82. The fourth-order valence-corrected chi connectivity index (χ4v) is 1.17. The topological polar surface area (TPSA) is 72.9 Å². The molecule has 0 aromatic carbocycles. The second-order valence-electron chi connectivity index (χ2n) is 2.92. The van der Waals surface area contributed by atoms with Crippen LogP contribution in [0.15, 0.2) is 12.7 Å². The third-order valence-corrected chi connectivity index (χ3v) is 1.76. The Hall–Kier alpha value is -1.85. The molecule has 6 nitrogen and oxygen atoms in total. The third kappa shape index (κ3) is 1.07. The van der Waals surface area contributed by atoms with Gasteiger partial charge in [-0.3, -0.25) is 0 Å². The predicted molar refractivity (Wildman–Crippen MR) is 49.8 cm³/mol. The summed E-state index contributed by atoms with van der Waals surface area (Å²) in [7, 11) is 3.80. The Bertz CT molecular complexity index is 431. The van der Waals surface area contributed by atoms with Crippen molar-refractivity contribution in [2.24, 2.45) is 0 Å². The lowest BCUT2D eigenvalue weighted by atomic mass is 10.5. The van der Waals surface area contributed by atoms with E-state index in [-0.39, 0.29) is 0 Å². The second-order valence-corrected chi connectivity index (χ2v) is 2.92. The summed E-state index contributed by atoms with van der Waals surface area (Å²) >= 11 is 0. The van der Waals surface area contributed by atoms with Gasteiger partial charge >= 0.3 is 0 Å². The van der Waals surface area contributed by atoms with E-state index in [9.17, 15) is 0 Å². The van der Waals surface area contributed by atoms with Crippen molar-refractivity contribution in [3.05, 3.63) is 12.7 Å². The van der Waals surface area contributed by atoms with Crippen LogP contribution in [0, 0.1) is 0 Å². The zero-order valence-corrected chi connectivity index (χ0v) is 7.47. The molecule has 2 heterocycles. The first-order valence-electron chi connectivity index (χ1n) is 3.80. The number of rotatable bonds is 1. The quantitative estimate of drug-likeness (QED) is 0.602. The van der Waals surface area contributed by atoms with Crippen molar-refractivity contribution in [2.75, 3.05) is 24.8 Å². The Morgan fingerprint density at radius 3 is 2.77 bits per heavy atom. The van der Waals surface area contributed by atoms with Crippen LogP contribution in [0.1, 0.15) is 0 Å². The van der Waals surface area contributed by atoms with Gasteiger partial charge in [0.2, 0.25) is 0 Å². The zero-order valence-electron chi connectivity index (χ0n) is 7.47. The lowest BCUT2D eigenvalue weighted by Crippen LogP contribution is -2.12. The number of anilines is 1. The van der Waals surface area contributed by atoms with Crippen molar-refractivity contribution in [1.29, 1.82) is 0 Å². The van der Waals surface area contributed by atoms with Gasteiger partial charge in [-0.2, -0.15) is 0 Å². The molecule has 0 spiro atoms. The van der Waals surface area contributed by atoms with Crippen LogP contribution >= 0.6 is 0 Å². The van der Waals surface area contributed by atoms with Crippen LogP contribution in [-0.4, -0.2) is 33.7 Å². The zero-order chi connectivity index (χ0) is 9.42. The maximum absolute atomic E-state index is 5.59. The molecule has 0 unspecified atom stereocenters. The minimum Gasteiger partial charge on any atom is -0.361 e. The summed E-state index contributed by atoms with van der Waals surface area (Å²) in [6, 6.07) is 0. The van der Waals surface area contributed by atoms with Gasteiger partial charge in [0, 0.05) is 14.1 Å². The summed E-state index contributed by atoms with van der Waals surface area (Å²) in [5.74, 6) is 6.36. The Morgan fingerprint density at radius 1 is 1.31 bits per heavy atom. The molecule has 0 aliphatic rings. The Balaban J connectivity index is 2.77. The van der Waals surface area contributed by atoms with Gasteiger partial charge in [0.25, 0.3) is 0 Å². The monoisotopic (exact) mass is 178 g/mol. The van der Waals surface area contributed by atoms with E-state index in [1.165, 1.54) is 17.3 Å². The molecule has 0 saturated heterocycles. The lowest BCUT2D eigenvalue weighted by molar-refractivity contribution is 1.00. The van der Waals surface area contributed by atoms with Crippen LogP contribution in [0.4, 0.5) is 5.82 Å². The number of nitrogen functional groups attached to an aromatic ring is 1. The Labute approximate surface area is 75.0 Å². The highest BCUT2D eigenvalue weighted by Crippen LogP contribution is 2.17. The van der Waals surface area contributed by atoms with Crippen molar-refractivity contribution >= 4 is 17.0 Å². The van der Waals surface area contributed by atoms with Gasteiger partial charge < -0.3 is 10.7 Å². The van der Waals surface area contributed by atoms with E-state index in [1.807, 2.05) is 19.0 Å². The number of nitrogens with zero attached hydrogens (tertiary/aromatic N) is 5. The number of imidazole rings is 1. The van der Waals surface area contributed by atoms with E-state index in [1.54, 1.807) is 0 Å². The summed E-state index contributed by atoms with van der Waals surface area (Å²) in [6.45, 7) is 0. The van der Waals surface area contributed by atoms with Crippen LogP contribution in [0.3, 0.4) is 0 Å². The van der Waals surface area contributed by atoms with Crippen molar-refractivity contribution in [3.63, 3.8) is 0 Å². The first kappa shape index (κ1) is 7.78. The van der Waals surface area contributed by atoms with E-state index in [2.05, 4.69) is 15.0 Å². The molecule has 0 radical (unpaired) electrons. The summed E-state index contributed by atoms with van der Waals surface area (Å²) in [5.41, 5.74) is 1.36. The summed E-state index contributed by atoms with van der Waals surface area (Å²) in [4.78, 5) is 14.1. The van der Waals surface area contributed by atoms with Crippen molar-refractivity contribution in [1.82, 2.24) is 19.6 Å². The van der Waals surface area contributed by atoms with E-state index in [4.69, 9.17) is 5.84 Å². The lowest BCUT2D eigenvalue weighted by Gasteiger charge is -2.10. The van der Waals surface area contributed by atoms with Gasteiger partial charge in [0.05, 0.1) is 0 Å². The molecule has 2 aromatic rings. The summed E-state index contributed by atoms with van der Waals surface area (Å²) in [6.07, 6.45) is 3.00. The van der Waals surface area contributed by atoms with Crippen LogP contribution in [0.5, 0.6) is 0 Å². The average Bonchev–Trinajstić information content (AvgIpc) is 2.48. The third-order valence-electron chi connectivity index (χ3n) is 1.76. The summed E-state index contributed by atoms with van der Waals surface area (Å²) in [5, 5.41) is 0. The molecule has 13 heavy (non-hydrogen) atoms. The minimum absolute atomic E-state index is 0.638. The smallest absolute Gasteiger partial charge is 0.183 e. The van der Waals surface area contributed by atoms with Gasteiger partial charge in [-0.25, -0.2) is 19.6 Å². The highest BCUT2D eigenvalue weighted by Gasteiger charge is 2.09. The fraction of sp³-hybridized carbons (Fsp3) is 0.286. The molecule has 0 saturated carbocycles. The van der Waals surface area contributed by atoms with Gasteiger partial charge in [-0.15, -0.1) is 0 Å². The number of aromatic nitrogens is 4. The second kappa shape index (κ2) is 2.58. The maximum Gasteiger partial charge on any atom is 0.183 e. The first-order chi connectivity index (χ1) is 6.20. The van der Waals surface area contributed by atoms with Gasteiger partial charge in [-0.05, 0) is 0 Å². The minimum atomic E-state index is 0.638. The number of hydrogen-bond acceptors (Lipinski definition) is 5. The number of nitrogens with two attached hydrogens (primary N) is 1. The van der Waals surface area contributed by atoms with Crippen molar-refractivity contribution < 1.29 is 0 Å². The SMILES string of the molecule is CN(C)c1ncnc2c1ncn2N. The summed E-state index contributed by atoms with van der Waals surface area (Å²) < 4.78 is 1.38. The average molecular weight is 178 g/mol. The first-order valence-corrected chi connectivity index (χ1v) is 3.80. The largest absolute Gasteiger partial charge is 0.361 e. The molecule has 2 aromatic heterocycles. The van der Waals surface area contributed by atoms with Crippen LogP contribution < -0.4 is 10.7 Å². The molecule has 0 amide bonds. The molecular weight excluding hydrogens is 168 g/mol. The molecule has 68 valence electrons. The Kier molecular flexibility index (Phi) is 1.54. The molecule has 0 fully saturated rings. The molecule has 0 bridgehead atoms. The molecule has 0 aliphatic carbocycles. The van der Waals surface area contributed by atoms with Gasteiger partial charge in [0.15, 0.2) is 17.0 Å². The molecule has 0 aliphatic heterocycles. The normalized spacial score (nSPS) is 10.6.